The van der Waals surface area contributed by atoms with Gasteiger partial charge in [-0.2, -0.15) is 0 Å². The van der Waals surface area contributed by atoms with Crippen LogP contribution >= 0.6 is 0 Å². The number of allylic oxidation sites excluding steroid dienone is 1. The van der Waals surface area contributed by atoms with E-state index in [-0.39, 0.29) is 17.6 Å². The van der Waals surface area contributed by atoms with Gasteiger partial charge in [0.05, 0.1) is 17.4 Å². The molecule has 4 aromatic rings. The zero-order valence-electron chi connectivity index (χ0n) is 22.5. The summed E-state index contributed by atoms with van der Waals surface area (Å²) in [6.45, 7) is 2.25. The third-order valence-electron chi connectivity index (χ3n) is 7.78. The summed E-state index contributed by atoms with van der Waals surface area (Å²) in [5, 5.41) is 3.60. The Balaban J connectivity index is 1.51. The predicted octanol–water partition coefficient (Wildman–Crippen LogP) is 7.58. The normalized spacial score (nSPS) is 18.3. The Morgan fingerprint density at radius 3 is 2.30 bits per heavy atom. The summed E-state index contributed by atoms with van der Waals surface area (Å²) < 4.78 is 6.38. The van der Waals surface area contributed by atoms with E-state index in [2.05, 4.69) is 17.4 Å². The number of fused-ring (bicyclic) bond motifs is 1. The van der Waals surface area contributed by atoms with Crippen molar-refractivity contribution in [3.05, 3.63) is 137 Å². The number of Topliss-reactive ketones (excluding diaryl/α,β-unsaturated/α-hetero) is 1. The van der Waals surface area contributed by atoms with Crippen LogP contribution in [-0.2, 0) is 16.2 Å². The van der Waals surface area contributed by atoms with Crippen LogP contribution in [0.4, 0.5) is 11.4 Å². The van der Waals surface area contributed by atoms with Gasteiger partial charge in [0.25, 0.3) is 0 Å². The third-order valence-corrected chi connectivity index (χ3v) is 7.78. The molecule has 0 radical (unpaired) electrons. The molecule has 1 amide bonds. The van der Waals surface area contributed by atoms with E-state index < -0.39 is 6.04 Å². The molecule has 2 atom stereocenters. The average Bonchev–Trinajstić information content (AvgIpc) is 3.15. The first-order valence-corrected chi connectivity index (χ1v) is 13.9. The van der Waals surface area contributed by atoms with Crippen molar-refractivity contribution in [2.24, 2.45) is 0 Å². The van der Waals surface area contributed by atoms with Crippen LogP contribution in [0.3, 0.4) is 0 Å². The van der Waals surface area contributed by atoms with Gasteiger partial charge in [-0.15, -0.1) is 0 Å². The smallest absolute Gasteiger partial charge is 0.227 e. The first-order chi connectivity index (χ1) is 19.6. The number of hydrogen-bond acceptors (Lipinski definition) is 4. The minimum atomic E-state index is -0.616. The molecule has 1 N–H and O–H groups in total. The minimum Gasteiger partial charge on any atom is -0.489 e. The number of para-hydroxylation sites is 3. The fourth-order valence-corrected chi connectivity index (χ4v) is 5.86. The molecule has 5 nitrogen and oxygen atoms in total. The molecule has 2 unspecified atom stereocenters. The number of carbonyl (C=O) groups is 2. The van der Waals surface area contributed by atoms with Crippen LogP contribution in [0.2, 0.25) is 0 Å². The highest BCUT2D eigenvalue weighted by Crippen LogP contribution is 2.49. The van der Waals surface area contributed by atoms with E-state index in [1.165, 1.54) is 0 Å². The highest BCUT2D eigenvalue weighted by atomic mass is 16.5. The number of benzene rings is 4. The lowest BCUT2D eigenvalue weighted by atomic mass is 9.78. The second-order valence-corrected chi connectivity index (χ2v) is 10.3. The topological polar surface area (TPSA) is 58.6 Å². The summed E-state index contributed by atoms with van der Waals surface area (Å²) in [5.41, 5.74) is 6.09. The summed E-state index contributed by atoms with van der Waals surface area (Å²) in [5.74, 6) is 0.719. The fraction of sp³-hybridized carbons (Fsp3) is 0.200. The van der Waals surface area contributed by atoms with Crippen molar-refractivity contribution < 1.29 is 14.3 Å². The Morgan fingerprint density at radius 1 is 0.850 bits per heavy atom. The van der Waals surface area contributed by atoms with E-state index in [1.807, 2.05) is 104 Å². The average molecular weight is 529 g/mol. The number of ether oxygens (including phenoxy) is 1. The number of amides is 1. The molecule has 0 aromatic heterocycles. The fourth-order valence-electron chi connectivity index (χ4n) is 5.86. The highest BCUT2D eigenvalue weighted by molar-refractivity contribution is 6.06. The number of nitrogens with one attached hydrogen (secondary N) is 1. The van der Waals surface area contributed by atoms with Crippen LogP contribution in [0.25, 0.3) is 0 Å². The molecule has 2 aliphatic rings. The summed E-state index contributed by atoms with van der Waals surface area (Å²) in [6.07, 6.45) is 1.37. The lowest BCUT2D eigenvalue weighted by molar-refractivity contribution is -0.119. The molecule has 0 spiro atoms. The van der Waals surface area contributed by atoms with Crippen molar-refractivity contribution >= 4 is 23.1 Å². The Kier molecular flexibility index (Phi) is 7.19. The van der Waals surface area contributed by atoms with Gasteiger partial charge in [0, 0.05) is 29.7 Å². The second-order valence-electron chi connectivity index (χ2n) is 10.3. The van der Waals surface area contributed by atoms with Gasteiger partial charge in [0.2, 0.25) is 5.91 Å². The van der Waals surface area contributed by atoms with Crippen molar-refractivity contribution in [1.29, 1.82) is 0 Å². The molecule has 1 aliphatic carbocycles. The van der Waals surface area contributed by atoms with Gasteiger partial charge in [-0.25, -0.2) is 0 Å². The quantitative estimate of drug-likeness (QED) is 0.280. The zero-order chi connectivity index (χ0) is 27.5. The van der Waals surface area contributed by atoms with Gasteiger partial charge in [0.15, 0.2) is 5.78 Å². The van der Waals surface area contributed by atoms with Crippen molar-refractivity contribution in [3.63, 3.8) is 0 Å². The van der Waals surface area contributed by atoms with Gasteiger partial charge in [-0.1, -0.05) is 97.9 Å². The van der Waals surface area contributed by atoms with Gasteiger partial charge in [-0.05, 0) is 41.7 Å². The van der Waals surface area contributed by atoms with Crippen LogP contribution in [-0.4, -0.2) is 11.7 Å². The number of rotatable bonds is 6. The number of nitrogens with zero attached hydrogens (tertiary/aromatic N) is 1. The minimum absolute atomic E-state index is 0.0483. The van der Waals surface area contributed by atoms with E-state index >= 15 is 0 Å². The van der Waals surface area contributed by atoms with Crippen LogP contribution < -0.4 is 15.0 Å². The maximum Gasteiger partial charge on any atom is 0.227 e. The first kappa shape index (κ1) is 25.6. The third kappa shape index (κ3) is 4.91. The van der Waals surface area contributed by atoms with Crippen LogP contribution in [0.1, 0.15) is 54.8 Å². The molecule has 40 heavy (non-hydrogen) atoms. The molecule has 5 heteroatoms. The van der Waals surface area contributed by atoms with E-state index in [0.717, 1.165) is 33.8 Å². The van der Waals surface area contributed by atoms with Gasteiger partial charge < -0.3 is 10.1 Å². The lowest BCUT2D eigenvalue weighted by Gasteiger charge is -2.35. The van der Waals surface area contributed by atoms with Gasteiger partial charge in [-0.3, -0.25) is 14.5 Å². The Bertz CT molecular complexity index is 1560. The van der Waals surface area contributed by atoms with Crippen molar-refractivity contribution in [3.8, 4) is 5.75 Å². The summed E-state index contributed by atoms with van der Waals surface area (Å²) in [7, 11) is 0. The zero-order valence-corrected chi connectivity index (χ0v) is 22.5. The maximum absolute atomic E-state index is 14.2. The molecule has 0 saturated carbocycles. The molecule has 0 fully saturated rings. The Morgan fingerprint density at radius 2 is 1.52 bits per heavy atom. The molecule has 1 aliphatic heterocycles. The number of ketones is 1. The predicted molar refractivity (Wildman–Crippen MR) is 158 cm³/mol. The largest absolute Gasteiger partial charge is 0.489 e. The van der Waals surface area contributed by atoms with Crippen LogP contribution in [0.5, 0.6) is 5.75 Å². The van der Waals surface area contributed by atoms with Crippen molar-refractivity contribution in [2.45, 2.75) is 44.8 Å². The van der Waals surface area contributed by atoms with Crippen LogP contribution in [0.15, 0.2) is 120 Å². The maximum atomic E-state index is 14.2. The second kappa shape index (κ2) is 11.2. The molecule has 6 rings (SSSR count). The summed E-state index contributed by atoms with van der Waals surface area (Å²) in [6, 6.07) is 35.2. The van der Waals surface area contributed by atoms with Crippen molar-refractivity contribution in [1.82, 2.24) is 0 Å². The summed E-state index contributed by atoms with van der Waals surface area (Å²) >= 11 is 0. The van der Waals surface area contributed by atoms with Gasteiger partial charge in [0.1, 0.15) is 12.4 Å². The van der Waals surface area contributed by atoms with E-state index in [1.54, 1.807) is 4.90 Å². The highest BCUT2D eigenvalue weighted by Gasteiger charge is 2.42. The lowest BCUT2D eigenvalue weighted by Crippen LogP contribution is -2.38. The molecule has 1 heterocycles. The molecule has 0 bridgehead atoms. The van der Waals surface area contributed by atoms with E-state index in [4.69, 9.17) is 4.74 Å². The van der Waals surface area contributed by atoms with Crippen molar-refractivity contribution in [2.75, 3.05) is 10.2 Å². The monoisotopic (exact) mass is 528 g/mol. The Hall–Kier alpha value is -4.64. The molecule has 0 saturated heterocycles. The van der Waals surface area contributed by atoms with E-state index in [0.29, 0.717) is 37.2 Å². The van der Waals surface area contributed by atoms with Crippen LogP contribution in [0, 0.1) is 0 Å². The molecule has 200 valence electrons. The SMILES string of the molecule is CCC(=O)N1c2ccccc2NC2=C(C(=O)CC(c3ccccc3)C2)C1c1ccccc1OCc1ccccc1. The molecular formula is C35H32N2O3. The molecular weight excluding hydrogens is 496 g/mol. The standard InChI is InChI=1S/C35H32N2O3/c1-2-33(39)37-30-19-11-10-18-28(30)36-29-21-26(25-15-7-4-8-16-25)22-31(38)34(29)35(37)27-17-9-12-20-32(27)40-23-24-13-5-3-6-14-24/h3-20,26,35-36H,2,21-23H2,1H3. The van der Waals surface area contributed by atoms with Gasteiger partial charge >= 0.3 is 0 Å². The first-order valence-electron chi connectivity index (χ1n) is 13.9. The Labute approximate surface area is 235 Å². The summed E-state index contributed by atoms with van der Waals surface area (Å²) in [4.78, 5) is 29.7. The molecule has 4 aromatic carbocycles. The number of carbonyl (C=O) groups excluding carboxylic acids is 2. The number of hydrogen-bond donors (Lipinski definition) is 1. The van der Waals surface area contributed by atoms with E-state index in [9.17, 15) is 9.59 Å². The number of anilines is 2.